The van der Waals surface area contributed by atoms with E-state index in [2.05, 4.69) is 10.1 Å². The number of hydrogen-bond acceptors (Lipinski definition) is 5. The molecule has 0 saturated carbocycles. The van der Waals surface area contributed by atoms with Crippen LogP contribution in [0.1, 0.15) is 29.8 Å². The van der Waals surface area contributed by atoms with Gasteiger partial charge in [-0.25, -0.2) is 4.39 Å². The maximum Gasteiger partial charge on any atom is 0.254 e. The number of likely N-dealkylation sites (N-methyl/N-ethyl adjacent to an activating group) is 1. The van der Waals surface area contributed by atoms with Gasteiger partial charge in [-0.05, 0) is 76.5 Å². The second-order valence-electron chi connectivity index (χ2n) is 8.03. The lowest BCUT2D eigenvalue weighted by Crippen LogP contribution is -2.36. The van der Waals surface area contributed by atoms with Crippen LogP contribution in [0, 0.1) is 5.82 Å². The molecule has 0 saturated heterocycles. The van der Waals surface area contributed by atoms with Crippen molar-refractivity contribution in [2.75, 3.05) is 45.2 Å². The van der Waals surface area contributed by atoms with E-state index in [1.54, 1.807) is 41.3 Å². The molecule has 0 atom stereocenters. The van der Waals surface area contributed by atoms with Gasteiger partial charge in [-0.2, -0.15) is 0 Å². The van der Waals surface area contributed by atoms with Crippen LogP contribution in [0.4, 0.5) is 10.3 Å². The minimum atomic E-state index is -0.321. The fourth-order valence-electron chi connectivity index (χ4n) is 3.58. The number of nitrogens with zero attached hydrogens (tertiary/aromatic N) is 4. The Labute approximate surface area is 199 Å². The zero-order chi connectivity index (χ0) is 24.0. The van der Waals surface area contributed by atoms with E-state index in [0.29, 0.717) is 41.8 Å². The van der Waals surface area contributed by atoms with Gasteiger partial charge >= 0.3 is 0 Å². The molecule has 176 valence electrons. The standard InChI is InChI=1S/C25H30ClFN4O2/c1-5-30(6-2)25-22(23(28-33-25)18-9-13-21(27)14-10-18)17-31(16-15-29(3)4)24(32)19-7-11-20(26)12-8-19/h7-14H,5-6,15-17H2,1-4H3. The molecule has 0 N–H and O–H groups in total. The van der Waals surface area contributed by atoms with E-state index in [9.17, 15) is 9.18 Å². The summed E-state index contributed by atoms with van der Waals surface area (Å²) in [6.45, 7) is 7.04. The van der Waals surface area contributed by atoms with Gasteiger partial charge in [-0.1, -0.05) is 16.8 Å². The second kappa shape index (κ2) is 11.3. The number of aromatic nitrogens is 1. The lowest BCUT2D eigenvalue weighted by atomic mass is 10.1. The van der Waals surface area contributed by atoms with Gasteiger partial charge in [-0.15, -0.1) is 0 Å². The van der Waals surface area contributed by atoms with Crippen molar-refractivity contribution in [3.63, 3.8) is 0 Å². The molecule has 0 bridgehead atoms. The van der Waals surface area contributed by atoms with Crippen molar-refractivity contribution in [2.45, 2.75) is 20.4 Å². The number of carbonyl (C=O) groups is 1. The monoisotopic (exact) mass is 472 g/mol. The molecular weight excluding hydrogens is 443 g/mol. The Morgan fingerprint density at radius 3 is 2.21 bits per heavy atom. The van der Waals surface area contributed by atoms with E-state index in [1.807, 2.05) is 32.8 Å². The van der Waals surface area contributed by atoms with E-state index in [4.69, 9.17) is 16.1 Å². The highest BCUT2D eigenvalue weighted by Crippen LogP contribution is 2.33. The van der Waals surface area contributed by atoms with Crippen LogP contribution in [-0.2, 0) is 6.54 Å². The molecule has 33 heavy (non-hydrogen) atoms. The van der Waals surface area contributed by atoms with Crippen molar-refractivity contribution in [1.82, 2.24) is 15.0 Å². The topological polar surface area (TPSA) is 52.8 Å². The Morgan fingerprint density at radius 1 is 1.00 bits per heavy atom. The maximum absolute atomic E-state index is 13.5. The lowest BCUT2D eigenvalue weighted by Gasteiger charge is -2.26. The second-order valence-corrected chi connectivity index (χ2v) is 8.47. The lowest BCUT2D eigenvalue weighted by molar-refractivity contribution is 0.0732. The predicted molar refractivity (Wildman–Crippen MR) is 130 cm³/mol. The molecular formula is C25H30ClFN4O2. The molecule has 0 aliphatic carbocycles. The van der Waals surface area contributed by atoms with Crippen molar-refractivity contribution in [2.24, 2.45) is 0 Å². The third-order valence-corrected chi connectivity index (χ3v) is 5.73. The van der Waals surface area contributed by atoms with E-state index in [1.165, 1.54) is 12.1 Å². The Balaban J connectivity index is 2.03. The number of carbonyl (C=O) groups excluding carboxylic acids is 1. The van der Waals surface area contributed by atoms with Crippen molar-refractivity contribution in [3.05, 3.63) is 70.5 Å². The average molecular weight is 473 g/mol. The number of rotatable bonds is 10. The normalized spacial score (nSPS) is 11.1. The van der Waals surface area contributed by atoms with Crippen molar-refractivity contribution >= 4 is 23.4 Å². The molecule has 0 radical (unpaired) electrons. The summed E-state index contributed by atoms with van der Waals surface area (Å²) in [6.07, 6.45) is 0. The van der Waals surface area contributed by atoms with Crippen molar-refractivity contribution in [1.29, 1.82) is 0 Å². The van der Waals surface area contributed by atoms with Gasteiger partial charge in [0.05, 0.1) is 12.1 Å². The molecule has 3 rings (SSSR count). The highest BCUT2D eigenvalue weighted by molar-refractivity contribution is 6.30. The first kappa shape index (κ1) is 24.7. The number of halogens is 2. The van der Waals surface area contributed by atoms with Crippen LogP contribution in [-0.4, -0.2) is 61.1 Å². The van der Waals surface area contributed by atoms with E-state index in [-0.39, 0.29) is 11.7 Å². The van der Waals surface area contributed by atoms with Gasteiger partial charge in [0.15, 0.2) is 0 Å². The van der Waals surface area contributed by atoms with Crippen molar-refractivity contribution < 1.29 is 13.7 Å². The zero-order valence-electron chi connectivity index (χ0n) is 19.5. The Hall–Kier alpha value is -2.90. The predicted octanol–water partition coefficient (Wildman–Crippen LogP) is 5.18. The molecule has 0 unspecified atom stereocenters. The minimum Gasteiger partial charge on any atom is -0.341 e. The maximum atomic E-state index is 13.5. The summed E-state index contributed by atoms with van der Waals surface area (Å²) in [6, 6.07) is 13.0. The number of anilines is 1. The summed E-state index contributed by atoms with van der Waals surface area (Å²) in [7, 11) is 3.94. The van der Waals surface area contributed by atoms with Crippen LogP contribution in [0.3, 0.4) is 0 Å². The highest BCUT2D eigenvalue weighted by Gasteiger charge is 2.26. The van der Waals surface area contributed by atoms with Gasteiger partial charge < -0.3 is 19.2 Å². The number of benzene rings is 2. The largest absolute Gasteiger partial charge is 0.341 e. The number of amides is 1. The third-order valence-electron chi connectivity index (χ3n) is 5.48. The molecule has 1 heterocycles. The first-order chi connectivity index (χ1) is 15.8. The molecule has 1 amide bonds. The summed E-state index contributed by atoms with van der Waals surface area (Å²) in [5.41, 5.74) is 2.70. The Morgan fingerprint density at radius 2 is 1.64 bits per heavy atom. The van der Waals surface area contributed by atoms with Crippen LogP contribution >= 0.6 is 11.6 Å². The van der Waals surface area contributed by atoms with Gasteiger partial charge in [0.25, 0.3) is 5.91 Å². The summed E-state index contributed by atoms with van der Waals surface area (Å²) in [5, 5.41) is 4.90. The quantitative estimate of drug-likeness (QED) is 0.406. The molecule has 8 heteroatoms. The first-order valence-electron chi connectivity index (χ1n) is 11.0. The molecule has 0 spiro atoms. The summed E-state index contributed by atoms with van der Waals surface area (Å²) in [4.78, 5) is 19.3. The molecule has 2 aromatic carbocycles. The summed E-state index contributed by atoms with van der Waals surface area (Å²) < 4.78 is 19.3. The summed E-state index contributed by atoms with van der Waals surface area (Å²) >= 11 is 6.02. The Kier molecular flexibility index (Phi) is 8.47. The minimum absolute atomic E-state index is 0.106. The molecule has 0 aliphatic rings. The van der Waals surface area contributed by atoms with E-state index >= 15 is 0 Å². The fourth-order valence-corrected chi connectivity index (χ4v) is 3.70. The number of hydrogen-bond donors (Lipinski definition) is 0. The highest BCUT2D eigenvalue weighted by atomic mass is 35.5. The zero-order valence-corrected chi connectivity index (χ0v) is 20.3. The van der Waals surface area contributed by atoms with Crippen LogP contribution in [0.5, 0.6) is 0 Å². The van der Waals surface area contributed by atoms with Gasteiger partial charge in [0, 0.05) is 42.3 Å². The van der Waals surface area contributed by atoms with E-state index in [0.717, 1.165) is 24.2 Å². The smallest absolute Gasteiger partial charge is 0.254 e. The molecule has 6 nitrogen and oxygen atoms in total. The average Bonchev–Trinajstić information content (AvgIpc) is 3.21. The first-order valence-corrected chi connectivity index (χ1v) is 11.4. The van der Waals surface area contributed by atoms with Crippen LogP contribution in [0.15, 0.2) is 53.1 Å². The Bertz CT molecular complexity index is 1050. The summed E-state index contributed by atoms with van der Waals surface area (Å²) in [5.74, 6) is 0.196. The molecule has 3 aromatic rings. The van der Waals surface area contributed by atoms with E-state index < -0.39 is 0 Å². The van der Waals surface area contributed by atoms with Gasteiger partial charge in [-0.3, -0.25) is 4.79 Å². The molecule has 0 aliphatic heterocycles. The van der Waals surface area contributed by atoms with Gasteiger partial charge in [0.2, 0.25) is 5.88 Å². The van der Waals surface area contributed by atoms with Crippen LogP contribution in [0.2, 0.25) is 5.02 Å². The van der Waals surface area contributed by atoms with Crippen LogP contribution in [0.25, 0.3) is 11.3 Å². The SMILES string of the molecule is CCN(CC)c1onc(-c2ccc(F)cc2)c1CN(CCN(C)C)C(=O)c1ccc(Cl)cc1. The van der Waals surface area contributed by atoms with Crippen LogP contribution < -0.4 is 4.90 Å². The fraction of sp³-hybridized carbons (Fsp3) is 0.360. The molecule has 0 fully saturated rings. The van der Waals surface area contributed by atoms with Crippen molar-refractivity contribution in [3.8, 4) is 11.3 Å². The molecule has 1 aromatic heterocycles. The van der Waals surface area contributed by atoms with Gasteiger partial charge in [0.1, 0.15) is 11.5 Å². The third kappa shape index (κ3) is 6.12.